The first-order valence-corrected chi connectivity index (χ1v) is 5.77. The van der Waals surface area contributed by atoms with Gasteiger partial charge in [-0.2, -0.15) is 0 Å². The molecule has 0 saturated carbocycles. The van der Waals surface area contributed by atoms with Gasteiger partial charge >= 0.3 is 0 Å². The molecule has 88 valence electrons. The normalized spacial score (nSPS) is 10.6. The lowest BCUT2D eigenvalue weighted by Crippen LogP contribution is -1.98. The van der Waals surface area contributed by atoms with E-state index < -0.39 is 0 Å². The van der Waals surface area contributed by atoms with Crippen LogP contribution in [0.3, 0.4) is 0 Å². The second kappa shape index (κ2) is 5.90. The Morgan fingerprint density at radius 2 is 2.12 bits per heavy atom. The minimum Gasteiger partial charge on any atom is -0.495 e. The van der Waals surface area contributed by atoms with Gasteiger partial charge in [0.25, 0.3) is 0 Å². The first-order chi connectivity index (χ1) is 7.60. The summed E-state index contributed by atoms with van der Waals surface area (Å²) in [5, 5.41) is 0.620. The van der Waals surface area contributed by atoms with Gasteiger partial charge < -0.3 is 9.53 Å². The van der Waals surface area contributed by atoms with Crippen molar-refractivity contribution in [2.45, 2.75) is 32.6 Å². The van der Waals surface area contributed by atoms with Crippen molar-refractivity contribution in [2.24, 2.45) is 0 Å². The Morgan fingerprint density at radius 1 is 1.44 bits per heavy atom. The SMILES string of the molecule is COc1c(Cl)cc(CCC=O)cc1C(C)C. The van der Waals surface area contributed by atoms with Gasteiger partial charge in [0.15, 0.2) is 0 Å². The van der Waals surface area contributed by atoms with Gasteiger partial charge in [0.2, 0.25) is 0 Å². The molecular weight excluding hydrogens is 224 g/mol. The molecular formula is C13H17ClO2. The van der Waals surface area contributed by atoms with Gasteiger partial charge in [-0.1, -0.05) is 31.5 Å². The molecule has 0 amide bonds. The van der Waals surface area contributed by atoms with Gasteiger partial charge in [-0.05, 0) is 29.5 Å². The highest BCUT2D eigenvalue weighted by atomic mass is 35.5. The van der Waals surface area contributed by atoms with E-state index in [2.05, 4.69) is 19.9 Å². The third-order valence-corrected chi connectivity index (χ3v) is 2.79. The van der Waals surface area contributed by atoms with Crippen LogP contribution in [0.2, 0.25) is 5.02 Å². The minimum absolute atomic E-state index is 0.351. The van der Waals surface area contributed by atoms with E-state index in [0.29, 0.717) is 17.4 Å². The highest BCUT2D eigenvalue weighted by molar-refractivity contribution is 6.32. The number of halogens is 1. The molecule has 0 N–H and O–H groups in total. The topological polar surface area (TPSA) is 26.3 Å². The van der Waals surface area contributed by atoms with Crippen LogP contribution in [0.1, 0.15) is 37.3 Å². The predicted octanol–water partition coefficient (Wildman–Crippen LogP) is 3.60. The maximum atomic E-state index is 10.3. The Kier molecular flexibility index (Phi) is 4.81. The molecule has 1 aromatic carbocycles. The van der Waals surface area contributed by atoms with Crippen LogP contribution >= 0.6 is 11.6 Å². The summed E-state index contributed by atoms with van der Waals surface area (Å²) in [6.07, 6.45) is 2.18. The van der Waals surface area contributed by atoms with E-state index in [0.717, 1.165) is 29.6 Å². The zero-order chi connectivity index (χ0) is 12.1. The van der Waals surface area contributed by atoms with E-state index in [1.54, 1.807) is 7.11 Å². The van der Waals surface area contributed by atoms with Gasteiger partial charge in [0.05, 0.1) is 12.1 Å². The molecule has 16 heavy (non-hydrogen) atoms. The van der Waals surface area contributed by atoms with Crippen molar-refractivity contribution in [3.8, 4) is 5.75 Å². The number of benzene rings is 1. The first kappa shape index (κ1) is 13.0. The number of ether oxygens (including phenoxy) is 1. The summed E-state index contributed by atoms with van der Waals surface area (Å²) < 4.78 is 5.30. The van der Waals surface area contributed by atoms with Crippen molar-refractivity contribution in [1.29, 1.82) is 0 Å². The molecule has 0 aliphatic carbocycles. The highest BCUT2D eigenvalue weighted by Gasteiger charge is 2.12. The van der Waals surface area contributed by atoms with Crippen molar-refractivity contribution in [3.63, 3.8) is 0 Å². The standard InChI is InChI=1S/C13H17ClO2/c1-9(2)11-7-10(5-4-6-15)8-12(14)13(11)16-3/h6-9H,4-5H2,1-3H3. The van der Waals surface area contributed by atoms with Gasteiger partial charge in [0.1, 0.15) is 12.0 Å². The smallest absolute Gasteiger partial charge is 0.140 e. The minimum atomic E-state index is 0.351. The lowest BCUT2D eigenvalue weighted by molar-refractivity contribution is -0.107. The predicted molar refractivity (Wildman–Crippen MR) is 66.5 cm³/mol. The lowest BCUT2D eigenvalue weighted by Gasteiger charge is -2.15. The van der Waals surface area contributed by atoms with Crippen molar-refractivity contribution in [1.82, 2.24) is 0 Å². The Hall–Kier alpha value is -1.02. The molecule has 0 saturated heterocycles. The molecule has 2 nitrogen and oxygen atoms in total. The average Bonchev–Trinajstić information content (AvgIpc) is 2.25. The van der Waals surface area contributed by atoms with E-state index in [4.69, 9.17) is 16.3 Å². The van der Waals surface area contributed by atoms with Gasteiger partial charge in [-0.3, -0.25) is 0 Å². The Morgan fingerprint density at radius 3 is 2.62 bits per heavy atom. The maximum Gasteiger partial charge on any atom is 0.140 e. The van der Waals surface area contributed by atoms with Gasteiger partial charge in [-0.25, -0.2) is 0 Å². The van der Waals surface area contributed by atoms with E-state index >= 15 is 0 Å². The molecule has 0 spiro atoms. The van der Waals surface area contributed by atoms with Crippen LogP contribution in [0.25, 0.3) is 0 Å². The molecule has 0 radical (unpaired) electrons. The van der Waals surface area contributed by atoms with E-state index in [1.165, 1.54) is 0 Å². The molecule has 0 unspecified atom stereocenters. The molecule has 0 bridgehead atoms. The zero-order valence-electron chi connectivity index (χ0n) is 9.92. The third-order valence-electron chi connectivity index (χ3n) is 2.51. The summed E-state index contributed by atoms with van der Waals surface area (Å²) in [5.74, 6) is 1.09. The molecule has 1 aromatic rings. The summed E-state index contributed by atoms with van der Waals surface area (Å²) in [6.45, 7) is 4.19. The number of carbonyl (C=O) groups excluding carboxylic acids is 1. The van der Waals surface area contributed by atoms with Crippen LogP contribution < -0.4 is 4.74 Å². The fourth-order valence-electron chi connectivity index (χ4n) is 1.69. The fourth-order valence-corrected chi connectivity index (χ4v) is 2.01. The average molecular weight is 241 g/mol. The summed E-state index contributed by atoms with van der Waals surface area (Å²) in [6, 6.07) is 3.94. The quantitative estimate of drug-likeness (QED) is 0.735. The molecule has 0 heterocycles. The number of hydrogen-bond acceptors (Lipinski definition) is 2. The summed E-state index contributed by atoms with van der Waals surface area (Å²) in [5.41, 5.74) is 2.18. The van der Waals surface area contributed by atoms with Gasteiger partial charge in [-0.15, -0.1) is 0 Å². The Labute approximate surface area is 102 Å². The molecule has 0 aromatic heterocycles. The first-order valence-electron chi connectivity index (χ1n) is 5.40. The van der Waals surface area contributed by atoms with E-state index in [-0.39, 0.29) is 0 Å². The summed E-state index contributed by atoms with van der Waals surface area (Å²) in [4.78, 5) is 10.3. The van der Waals surface area contributed by atoms with E-state index in [1.807, 2.05) is 6.07 Å². The Bertz CT molecular complexity index is 372. The highest BCUT2D eigenvalue weighted by Crippen LogP contribution is 2.34. The molecule has 0 aliphatic rings. The number of methoxy groups -OCH3 is 1. The largest absolute Gasteiger partial charge is 0.495 e. The summed E-state index contributed by atoms with van der Waals surface area (Å²) >= 11 is 6.14. The zero-order valence-corrected chi connectivity index (χ0v) is 10.7. The maximum absolute atomic E-state index is 10.3. The second-order valence-electron chi connectivity index (χ2n) is 4.06. The van der Waals surface area contributed by atoms with Crippen LogP contribution in [-0.4, -0.2) is 13.4 Å². The van der Waals surface area contributed by atoms with Crippen LogP contribution in [0.15, 0.2) is 12.1 Å². The number of rotatable bonds is 5. The van der Waals surface area contributed by atoms with Crippen molar-refractivity contribution in [2.75, 3.05) is 7.11 Å². The number of aldehydes is 1. The summed E-state index contributed by atoms with van der Waals surface area (Å²) in [7, 11) is 1.62. The molecule has 1 rings (SSSR count). The van der Waals surface area contributed by atoms with Crippen LogP contribution in [-0.2, 0) is 11.2 Å². The lowest BCUT2D eigenvalue weighted by atomic mass is 9.98. The van der Waals surface area contributed by atoms with Crippen LogP contribution in [0.4, 0.5) is 0 Å². The van der Waals surface area contributed by atoms with Crippen molar-refractivity contribution in [3.05, 3.63) is 28.3 Å². The number of hydrogen-bond donors (Lipinski definition) is 0. The third kappa shape index (κ3) is 2.99. The fraction of sp³-hybridized carbons (Fsp3) is 0.462. The van der Waals surface area contributed by atoms with E-state index in [9.17, 15) is 4.79 Å². The monoisotopic (exact) mass is 240 g/mol. The Balaban J connectivity index is 3.11. The van der Waals surface area contributed by atoms with Crippen molar-refractivity contribution < 1.29 is 9.53 Å². The van der Waals surface area contributed by atoms with Crippen LogP contribution in [0, 0.1) is 0 Å². The molecule has 0 fully saturated rings. The number of carbonyl (C=O) groups is 1. The number of aryl methyl sites for hydroxylation is 1. The van der Waals surface area contributed by atoms with Gasteiger partial charge in [0, 0.05) is 6.42 Å². The molecule has 0 aliphatic heterocycles. The molecule has 0 atom stereocenters. The van der Waals surface area contributed by atoms with Crippen molar-refractivity contribution >= 4 is 17.9 Å². The van der Waals surface area contributed by atoms with Crippen LogP contribution in [0.5, 0.6) is 5.75 Å². The second-order valence-corrected chi connectivity index (χ2v) is 4.47. The molecule has 3 heteroatoms.